The first-order chi connectivity index (χ1) is 3.81. The van der Waals surface area contributed by atoms with Crippen molar-refractivity contribution in [2.45, 2.75) is 26.2 Å². The lowest BCUT2D eigenvalue weighted by atomic mass is 10.2. The van der Waals surface area contributed by atoms with E-state index in [1.54, 1.807) is 0 Å². The smallest absolute Gasteiger partial charge is 0.0203 e. The average molecular weight is 224 g/mol. The Morgan fingerprint density at radius 2 is 2.25 bits per heavy atom. The number of hydrogen-bond acceptors (Lipinski definition) is 0. The Morgan fingerprint density at radius 1 is 1.62 bits per heavy atom. The van der Waals surface area contributed by atoms with E-state index < -0.39 is 0 Å². The summed E-state index contributed by atoms with van der Waals surface area (Å²) >= 11 is 2.35. The van der Waals surface area contributed by atoms with Gasteiger partial charge in [0.15, 0.2) is 0 Å². The van der Waals surface area contributed by atoms with Crippen LogP contribution < -0.4 is 0 Å². The van der Waals surface area contributed by atoms with Crippen molar-refractivity contribution < 1.29 is 0 Å². The van der Waals surface area contributed by atoms with Crippen LogP contribution in [0, 0.1) is 0 Å². The third kappa shape index (κ3) is 4.62. The van der Waals surface area contributed by atoms with Gasteiger partial charge in [-0.05, 0) is 12.8 Å². The van der Waals surface area contributed by atoms with E-state index in [1.165, 1.54) is 24.8 Å². The van der Waals surface area contributed by atoms with Gasteiger partial charge >= 0.3 is 0 Å². The van der Waals surface area contributed by atoms with Gasteiger partial charge in [0.05, 0.1) is 0 Å². The molecule has 0 aliphatic carbocycles. The lowest BCUT2D eigenvalue weighted by Crippen LogP contribution is -1.80. The van der Waals surface area contributed by atoms with Gasteiger partial charge in [0, 0.05) is 4.43 Å². The fourth-order valence-corrected chi connectivity index (χ4v) is 0.875. The van der Waals surface area contributed by atoms with Crippen LogP contribution in [0.15, 0.2) is 12.2 Å². The summed E-state index contributed by atoms with van der Waals surface area (Å²) in [5.41, 5.74) is 1.38. The van der Waals surface area contributed by atoms with Crippen LogP contribution in [0.5, 0.6) is 0 Å². The molecule has 0 aromatic rings. The van der Waals surface area contributed by atoms with E-state index in [1.807, 2.05) is 0 Å². The van der Waals surface area contributed by atoms with Gasteiger partial charge in [-0.25, -0.2) is 0 Å². The SMILES string of the molecule is C=C(CI)CCCC. The van der Waals surface area contributed by atoms with E-state index in [0.29, 0.717) is 0 Å². The van der Waals surface area contributed by atoms with Crippen molar-refractivity contribution in [1.82, 2.24) is 0 Å². The molecule has 0 radical (unpaired) electrons. The number of alkyl halides is 1. The molecule has 0 saturated heterocycles. The molecule has 0 bridgehead atoms. The molecular weight excluding hydrogens is 211 g/mol. The summed E-state index contributed by atoms with van der Waals surface area (Å²) in [7, 11) is 0. The van der Waals surface area contributed by atoms with Gasteiger partial charge in [0.1, 0.15) is 0 Å². The minimum Gasteiger partial charge on any atom is -0.0991 e. The van der Waals surface area contributed by atoms with Crippen LogP contribution in [0.25, 0.3) is 0 Å². The van der Waals surface area contributed by atoms with Crippen molar-refractivity contribution in [3.05, 3.63) is 12.2 Å². The van der Waals surface area contributed by atoms with Crippen LogP contribution in [0.3, 0.4) is 0 Å². The third-order valence-corrected chi connectivity index (χ3v) is 2.15. The molecule has 0 aliphatic heterocycles. The Hall–Kier alpha value is 0.470. The quantitative estimate of drug-likeness (QED) is 0.391. The molecule has 48 valence electrons. The van der Waals surface area contributed by atoms with E-state index in [0.717, 1.165) is 4.43 Å². The average Bonchev–Trinajstić information content (AvgIpc) is 1.83. The largest absolute Gasteiger partial charge is 0.0991 e. The Labute approximate surface area is 65.5 Å². The number of allylic oxidation sites excluding steroid dienone is 1. The molecule has 0 fully saturated rings. The molecule has 1 heteroatoms. The monoisotopic (exact) mass is 224 g/mol. The van der Waals surface area contributed by atoms with Gasteiger partial charge in [-0.15, -0.1) is 0 Å². The van der Waals surface area contributed by atoms with E-state index in [-0.39, 0.29) is 0 Å². The fourth-order valence-electron chi connectivity index (χ4n) is 0.494. The minimum absolute atomic E-state index is 1.12. The molecule has 0 amide bonds. The molecule has 0 aliphatic rings. The number of rotatable bonds is 4. The van der Waals surface area contributed by atoms with Crippen LogP contribution in [0.4, 0.5) is 0 Å². The van der Waals surface area contributed by atoms with Crippen LogP contribution in [-0.4, -0.2) is 4.43 Å². The number of hydrogen-bond donors (Lipinski definition) is 0. The van der Waals surface area contributed by atoms with Gasteiger partial charge in [-0.2, -0.15) is 0 Å². The standard InChI is InChI=1S/C7H13I/c1-3-4-5-7(2)6-8/h2-6H2,1H3. The summed E-state index contributed by atoms with van der Waals surface area (Å²) in [6, 6.07) is 0. The summed E-state index contributed by atoms with van der Waals surface area (Å²) in [5, 5.41) is 0. The second-order valence-corrected chi connectivity index (χ2v) is 2.75. The van der Waals surface area contributed by atoms with Gasteiger partial charge < -0.3 is 0 Å². The Morgan fingerprint density at radius 3 is 2.62 bits per heavy atom. The van der Waals surface area contributed by atoms with Gasteiger partial charge in [-0.1, -0.05) is 48.1 Å². The highest BCUT2D eigenvalue weighted by atomic mass is 127. The Balaban J connectivity index is 2.99. The maximum Gasteiger partial charge on any atom is 0.0203 e. The van der Waals surface area contributed by atoms with Crippen molar-refractivity contribution in [1.29, 1.82) is 0 Å². The van der Waals surface area contributed by atoms with Gasteiger partial charge in [-0.3, -0.25) is 0 Å². The summed E-state index contributed by atoms with van der Waals surface area (Å²) < 4.78 is 1.12. The molecule has 0 atom stereocenters. The topological polar surface area (TPSA) is 0 Å². The molecule has 0 aromatic heterocycles. The van der Waals surface area contributed by atoms with Crippen molar-refractivity contribution in [3.8, 4) is 0 Å². The molecule has 0 heterocycles. The van der Waals surface area contributed by atoms with Crippen molar-refractivity contribution in [3.63, 3.8) is 0 Å². The van der Waals surface area contributed by atoms with Crippen molar-refractivity contribution in [2.75, 3.05) is 4.43 Å². The summed E-state index contributed by atoms with van der Waals surface area (Å²) in [5.74, 6) is 0. The molecule has 0 N–H and O–H groups in total. The normalized spacial score (nSPS) is 9.25. The zero-order valence-electron chi connectivity index (χ0n) is 5.41. The Bertz CT molecular complexity index is 66.8. The van der Waals surface area contributed by atoms with E-state index >= 15 is 0 Å². The molecule has 0 unspecified atom stereocenters. The molecule has 0 rings (SSSR count). The van der Waals surface area contributed by atoms with Crippen LogP contribution in [0.2, 0.25) is 0 Å². The molecule has 8 heavy (non-hydrogen) atoms. The zero-order valence-corrected chi connectivity index (χ0v) is 7.57. The second kappa shape index (κ2) is 5.60. The lowest BCUT2D eigenvalue weighted by Gasteiger charge is -1.96. The lowest BCUT2D eigenvalue weighted by molar-refractivity contribution is 0.792. The summed E-state index contributed by atoms with van der Waals surface area (Å²) in [6.45, 7) is 6.11. The summed E-state index contributed by atoms with van der Waals surface area (Å²) in [4.78, 5) is 0. The fraction of sp³-hybridized carbons (Fsp3) is 0.714. The first kappa shape index (κ1) is 8.47. The predicted molar refractivity (Wildman–Crippen MR) is 47.6 cm³/mol. The maximum absolute atomic E-state index is 3.90. The predicted octanol–water partition coefficient (Wildman–Crippen LogP) is 3.17. The molecule has 0 aromatic carbocycles. The minimum atomic E-state index is 1.12. The van der Waals surface area contributed by atoms with E-state index in [4.69, 9.17) is 0 Å². The third-order valence-electron chi connectivity index (χ3n) is 1.07. The molecule has 0 spiro atoms. The molecular formula is C7H13I. The van der Waals surface area contributed by atoms with Crippen LogP contribution in [-0.2, 0) is 0 Å². The maximum atomic E-state index is 3.90. The first-order valence-corrected chi connectivity index (χ1v) is 4.56. The Kier molecular flexibility index (Phi) is 5.93. The highest BCUT2D eigenvalue weighted by Crippen LogP contribution is 2.06. The number of unbranched alkanes of at least 4 members (excludes halogenated alkanes) is 1. The zero-order chi connectivity index (χ0) is 6.41. The molecule has 0 nitrogen and oxygen atoms in total. The van der Waals surface area contributed by atoms with E-state index in [9.17, 15) is 0 Å². The van der Waals surface area contributed by atoms with Gasteiger partial charge in [0.2, 0.25) is 0 Å². The van der Waals surface area contributed by atoms with Crippen molar-refractivity contribution >= 4 is 22.6 Å². The second-order valence-electron chi connectivity index (χ2n) is 1.99. The number of halogens is 1. The van der Waals surface area contributed by atoms with E-state index in [2.05, 4.69) is 36.1 Å². The van der Waals surface area contributed by atoms with Crippen LogP contribution in [0.1, 0.15) is 26.2 Å². The van der Waals surface area contributed by atoms with Crippen LogP contribution >= 0.6 is 22.6 Å². The highest BCUT2D eigenvalue weighted by molar-refractivity contribution is 14.1. The summed E-state index contributed by atoms with van der Waals surface area (Å²) in [6.07, 6.45) is 3.82. The molecule has 0 saturated carbocycles. The van der Waals surface area contributed by atoms with Crippen molar-refractivity contribution in [2.24, 2.45) is 0 Å². The highest BCUT2D eigenvalue weighted by Gasteiger charge is 1.87. The first-order valence-electron chi connectivity index (χ1n) is 3.04. The van der Waals surface area contributed by atoms with Gasteiger partial charge in [0.25, 0.3) is 0 Å².